The van der Waals surface area contributed by atoms with Crippen molar-refractivity contribution in [3.8, 4) is 5.88 Å². The highest BCUT2D eigenvalue weighted by Crippen LogP contribution is 2.15. The van der Waals surface area contributed by atoms with Crippen LogP contribution >= 0.6 is 0 Å². The Balaban J connectivity index is 2.78. The number of hydrazine groups is 1. The highest BCUT2D eigenvalue weighted by atomic mass is 16.5. The van der Waals surface area contributed by atoms with Gasteiger partial charge in [0.25, 0.3) is 0 Å². The monoisotopic (exact) mass is 182 g/mol. The van der Waals surface area contributed by atoms with Gasteiger partial charge < -0.3 is 10.2 Å². The number of nitrogens with zero attached hydrogens (tertiary/aromatic N) is 2. The van der Waals surface area contributed by atoms with Gasteiger partial charge in [-0.05, 0) is 20.8 Å². The maximum Gasteiger partial charge on any atom is 0.234 e. The molecule has 0 aliphatic rings. The van der Waals surface area contributed by atoms with Crippen LogP contribution in [0.15, 0.2) is 12.4 Å². The Kier molecular flexibility index (Phi) is 2.67. The summed E-state index contributed by atoms with van der Waals surface area (Å²) in [5.41, 5.74) is 2.12. The third-order valence-electron chi connectivity index (χ3n) is 1.17. The lowest BCUT2D eigenvalue weighted by molar-refractivity contribution is 0.123. The Morgan fingerprint density at radius 2 is 2.08 bits per heavy atom. The minimum absolute atomic E-state index is 0.276. The Hall–Kier alpha value is -1.36. The number of hydrogen-bond acceptors (Lipinski definition) is 5. The van der Waals surface area contributed by atoms with Crippen LogP contribution in [0.4, 0.5) is 5.82 Å². The highest BCUT2D eigenvalue weighted by Gasteiger charge is 2.12. The second-order valence-electron chi connectivity index (χ2n) is 3.60. The van der Waals surface area contributed by atoms with E-state index in [9.17, 15) is 0 Å². The van der Waals surface area contributed by atoms with E-state index in [1.165, 1.54) is 6.20 Å². The van der Waals surface area contributed by atoms with Crippen LogP contribution in [0, 0.1) is 0 Å². The summed E-state index contributed by atoms with van der Waals surface area (Å²) in [6.07, 6.45) is 3.07. The summed E-state index contributed by atoms with van der Waals surface area (Å²) in [6.45, 7) is 5.83. The molecule has 0 aliphatic heterocycles. The molecule has 0 saturated heterocycles. The van der Waals surface area contributed by atoms with Crippen molar-refractivity contribution in [2.45, 2.75) is 26.4 Å². The zero-order chi connectivity index (χ0) is 9.90. The first-order valence-corrected chi connectivity index (χ1v) is 3.99. The van der Waals surface area contributed by atoms with Gasteiger partial charge in [0.1, 0.15) is 5.60 Å². The van der Waals surface area contributed by atoms with E-state index in [1.54, 1.807) is 6.20 Å². The minimum atomic E-state index is -0.276. The second-order valence-corrected chi connectivity index (χ2v) is 3.60. The van der Waals surface area contributed by atoms with Gasteiger partial charge in [-0.2, -0.15) is 4.98 Å². The molecule has 0 radical (unpaired) electrons. The molecule has 0 unspecified atom stereocenters. The molecular formula is C8H14N4O. The Bertz CT molecular complexity index is 282. The summed E-state index contributed by atoms with van der Waals surface area (Å²) < 4.78 is 5.48. The summed E-state index contributed by atoms with van der Waals surface area (Å²) in [4.78, 5) is 7.97. The maximum absolute atomic E-state index is 5.48. The van der Waals surface area contributed by atoms with Crippen molar-refractivity contribution >= 4 is 5.82 Å². The highest BCUT2D eigenvalue weighted by molar-refractivity contribution is 5.31. The molecule has 1 rings (SSSR count). The number of anilines is 1. The summed E-state index contributed by atoms with van der Waals surface area (Å²) in [5.74, 6) is 6.12. The molecule has 0 aliphatic carbocycles. The summed E-state index contributed by atoms with van der Waals surface area (Å²) in [7, 11) is 0. The molecule has 0 spiro atoms. The lowest BCUT2D eigenvalue weighted by Gasteiger charge is -2.19. The van der Waals surface area contributed by atoms with Gasteiger partial charge in [-0.1, -0.05) is 0 Å². The van der Waals surface area contributed by atoms with Gasteiger partial charge in [-0.25, -0.2) is 5.84 Å². The van der Waals surface area contributed by atoms with E-state index < -0.39 is 0 Å². The van der Waals surface area contributed by atoms with Crippen LogP contribution in [0.5, 0.6) is 5.88 Å². The van der Waals surface area contributed by atoms with E-state index in [0.29, 0.717) is 11.7 Å². The van der Waals surface area contributed by atoms with Crippen LogP contribution < -0.4 is 16.0 Å². The molecule has 5 nitrogen and oxygen atoms in total. The largest absolute Gasteiger partial charge is 0.471 e. The van der Waals surface area contributed by atoms with E-state index in [1.807, 2.05) is 20.8 Å². The van der Waals surface area contributed by atoms with Crippen LogP contribution in [-0.4, -0.2) is 15.6 Å². The molecule has 0 amide bonds. The molecule has 5 heteroatoms. The third-order valence-corrected chi connectivity index (χ3v) is 1.17. The molecule has 0 fully saturated rings. The maximum atomic E-state index is 5.48. The molecule has 0 atom stereocenters. The van der Waals surface area contributed by atoms with Gasteiger partial charge in [0, 0.05) is 0 Å². The molecule has 1 aromatic heterocycles. The van der Waals surface area contributed by atoms with Crippen molar-refractivity contribution in [1.82, 2.24) is 9.97 Å². The van der Waals surface area contributed by atoms with E-state index in [4.69, 9.17) is 10.6 Å². The number of nitrogens with one attached hydrogen (secondary N) is 1. The SMILES string of the molecule is CC(C)(C)Oc1cncc(NN)n1. The van der Waals surface area contributed by atoms with Crippen LogP contribution in [0.2, 0.25) is 0 Å². The number of nitrogen functional groups attached to an aromatic ring is 1. The zero-order valence-electron chi connectivity index (χ0n) is 8.03. The van der Waals surface area contributed by atoms with Crippen molar-refractivity contribution in [3.63, 3.8) is 0 Å². The third kappa shape index (κ3) is 3.25. The van der Waals surface area contributed by atoms with E-state index in [-0.39, 0.29) is 5.60 Å². The first-order chi connectivity index (χ1) is 6.01. The molecule has 0 aromatic carbocycles. The number of nitrogens with two attached hydrogens (primary N) is 1. The van der Waals surface area contributed by atoms with Gasteiger partial charge in [0.15, 0.2) is 5.82 Å². The van der Waals surface area contributed by atoms with Crippen LogP contribution in [0.3, 0.4) is 0 Å². The van der Waals surface area contributed by atoms with Crippen LogP contribution in [0.1, 0.15) is 20.8 Å². The molecule has 1 aromatic rings. The molecule has 72 valence electrons. The van der Waals surface area contributed by atoms with Gasteiger partial charge in [-0.15, -0.1) is 0 Å². The molecule has 0 bridgehead atoms. The predicted molar refractivity (Wildman–Crippen MR) is 50.2 cm³/mol. The Morgan fingerprint density at radius 3 is 2.62 bits per heavy atom. The lowest BCUT2D eigenvalue weighted by atomic mass is 10.2. The van der Waals surface area contributed by atoms with Crippen molar-refractivity contribution in [2.24, 2.45) is 5.84 Å². The normalized spacial score (nSPS) is 11.1. The van der Waals surface area contributed by atoms with E-state index >= 15 is 0 Å². The Labute approximate surface area is 77.3 Å². The summed E-state index contributed by atoms with van der Waals surface area (Å²) in [6, 6.07) is 0. The average Bonchev–Trinajstić information content (AvgIpc) is 2.01. The van der Waals surface area contributed by atoms with Crippen molar-refractivity contribution in [2.75, 3.05) is 5.43 Å². The lowest BCUT2D eigenvalue weighted by Crippen LogP contribution is -2.24. The summed E-state index contributed by atoms with van der Waals surface area (Å²) in [5, 5.41) is 0. The topological polar surface area (TPSA) is 73.1 Å². The fraction of sp³-hybridized carbons (Fsp3) is 0.500. The van der Waals surface area contributed by atoms with Crippen LogP contribution in [-0.2, 0) is 0 Å². The van der Waals surface area contributed by atoms with Gasteiger partial charge in [-0.3, -0.25) is 4.98 Å². The van der Waals surface area contributed by atoms with Gasteiger partial charge >= 0.3 is 0 Å². The van der Waals surface area contributed by atoms with E-state index in [2.05, 4.69) is 15.4 Å². The number of aromatic nitrogens is 2. The second kappa shape index (κ2) is 3.57. The van der Waals surface area contributed by atoms with Crippen LogP contribution in [0.25, 0.3) is 0 Å². The summed E-state index contributed by atoms with van der Waals surface area (Å²) >= 11 is 0. The Morgan fingerprint density at radius 1 is 1.38 bits per heavy atom. The van der Waals surface area contributed by atoms with Crippen molar-refractivity contribution in [1.29, 1.82) is 0 Å². The zero-order valence-corrected chi connectivity index (χ0v) is 8.03. The number of rotatable bonds is 2. The number of ether oxygens (including phenoxy) is 1. The molecule has 13 heavy (non-hydrogen) atoms. The van der Waals surface area contributed by atoms with E-state index in [0.717, 1.165) is 0 Å². The fourth-order valence-corrected chi connectivity index (χ4v) is 0.781. The van der Waals surface area contributed by atoms with Gasteiger partial charge in [0.2, 0.25) is 5.88 Å². The smallest absolute Gasteiger partial charge is 0.234 e. The molecule has 1 heterocycles. The average molecular weight is 182 g/mol. The first kappa shape index (κ1) is 9.73. The predicted octanol–water partition coefficient (Wildman–Crippen LogP) is 0.939. The minimum Gasteiger partial charge on any atom is -0.471 e. The molecular weight excluding hydrogens is 168 g/mol. The number of hydrogen-bond donors (Lipinski definition) is 2. The standard InChI is InChI=1S/C8H14N4O/c1-8(2,3)13-7-5-10-4-6(11-7)12-9/h4-5H,9H2,1-3H3,(H,11,12). The first-order valence-electron chi connectivity index (χ1n) is 3.99. The fourth-order valence-electron chi connectivity index (χ4n) is 0.781. The van der Waals surface area contributed by atoms with Gasteiger partial charge in [0.05, 0.1) is 12.4 Å². The molecule has 3 N–H and O–H groups in total. The quantitative estimate of drug-likeness (QED) is 0.526. The molecule has 0 saturated carbocycles. The van der Waals surface area contributed by atoms with Crippen molar-refractivity contribution in [3.05, 3.63) is 12.4 Å². The van der Waals surface area contributed by atoms with Crippen molar-refractivity contribution < 1.29 is 4.74 Å².